The van der Waals surface area contributed by atoms with Crippen LogP contribution in [-0.2, 0) is 44.9 Å². The number of Topliss-reactive ketones (excluding diaryl/α,β-unsaturated/α-hetero) is 4. The third kappa shape index (κ3) is 20.0. The highest BCUT2D eigenvalue weighted by Crippen LogP contribution is 2.60. The molecular weight excluding hydrogens is 1630 g/mol. The number of nitriles is 4. The largest absolute Gasteiger partial charge is 0.389 e. The summed E-state index contributed by atoms with van der Waals surface area (Å²) >= 11 is 0. The van der Waals surface area contributed by atoms with Crippen LogP contribution in [0.25, 0.3) is 43.6 Å². The summed E-state index contributed by atoms with van der Waals surface area (Å²) in [6.45, 7) is 0. The number of hydrogen-bond donors (Lipinski definition) is 2. The molecule has 0 saturated heterocycles. The second-order valence-corrected chi connectivity index (χ2v) is 37.6. The molecule has 0 aliphatic heterocycles. The van der Waals surface area contributed by atoms with Gasteiger partial charge in [0, 0.05) is 134 Å². The van der Waals surface area contributed by atoms with Gasteiger partial charge in [0.2, 0.25) is 0 Å². The molecule has 8 heterocycles. The fourth-order valence-corrected chi connectivity index (χ4v) is 23.5. The number of rotatable bonds is 20. The first-order valence-electron chi connectivity index (χ1n) is 44.2. The monoisotopic (exact) mass is 1720 g/mol. The van der Waals surface area contributed by atoms with E-state index in [1.165, 1.54) is 42.9 Å². The SMILES string of the molecule is N#Cc1ccc(CC(=O)CC2(F)C[C@H]3CC(c4ccnc5ccc(F)cc45)C[C@H]3C2)cn1.N#Cc1ccc(CC(=O)CC2(F)C[C@H]3CC(c4ccnc5ccc(F)cc45)C[C@H]3C2)nc1.N#Cc1ccc(CC(=O)CC2(O)C[C@H]3CC(c4ccnc5ccc(F)cc45)C[C@H]3C2)cn1.N#Cc1ccc(CC(=O)CC2(O)C[C@H]3CC(c4ccnc5ccc(F)cc45)C[C@H]3C2)nc1. The van der Waals surface area contributed by atoms with Gasteiger partial charge in [0.1, 0.15) is 93.4 Å². The van der Waals surface area contributed by atoms with E-state index in [1.807, 2.05) is 48.5 Å². The maximum absolute atomic E-state index is 15.6. The number of halogens is 6. The molecule has 8 aromatic heterocycles. The van der Waals surface area contributed by atoms with Crippen LogP contribution in [0.4, 0.5) is 26.3 Å². The Morgan fingerprint density at radius 3 is 0.867 bits per heavy atom. The third-order valence-corrected chi connectivity index (χ3v) is 28.6. The van der Waals surface area contributed by atoms with Gasteiger partial charge in [0.05, 0.1) is 44.4 Å². The van der Waals surface area contributed by atoms with Gasteiger partial charge < -0.3 is 10.2 Å². The van der Waals surface area contributed by atoms with E-state index < -0.39 is 22.5 Å². The normalized spacial score (nSPS) is 26.7. The van der Waals surface area contributed by atoms with Crippen LogP contribution in [0.5, 0.6) is 0 Å². The highest BCUT2D eigenvalue weighted by atomic mass is 19.2. The van der Waals surface area contributed by atoms with Gasteiger partial charge in [-0.2, -0.15) is 21.0 Å². The first-order chi connectivity index (χ1) is 61.7. The molecule has 4 aromatic carbocycles. The highest BCUT2D eigenvalue weighted by Gasteiger charge is 2.55. The number of carbonyl (C=O) groups excluding carboxylic acids is 4. The zero-order valence-electron chi connectivity index (χ0n) is 70.5. The lowest BCUT2D eigenvalue weighted by Gasteiger charge is -2.24. The number of pyridine rings is 8. The van der Waals surface area contributed by atoms with Crippen LogP contribution in [0.15, 0.2) is 195 Å². The summed E-state index contributed by atoms with van der Waals surface area (Å²) in [7, 11) is 0. The number of ketones is 4. The zero-order chi connectivity index (χ0) is 89.2. The molecule has 16 atom stereocenters. The summed E-state index contributed by atoms with van der Waals surface area (Å²) < 4.78 is 86.5. The third-order valence-electron chi connectivity index (χ3n) is 28.6. The molecule has 12 aromatic rings. The van der Waals surface area contributed by atoms with Gasteiger partial charge in [-0.3, -0.25) is 49.1 Å². The number of aromatic nitrogens is 8. The van der Waals surface area contributed by atoms with Crippen molar-refractivity contribution in [2.75, 3.05) is 0 Å². The smallest absolute Gasteiger partial charge is 0.142 e. The summed E-state index contributed by atoms with van der Waals surface area (Å²) in [4.78, 5) is 84.0. The molecule has 128 heavy (non-hydrogen) atoms. The molecule has 20 rings (SSSR count). The number of aliphatic hydroxyl groups is 2. The van der Waals surface area contributed by atoms with Gasteiger partial charge in [0.25, 0.3) is 0 Å². The first-order valence-corrected chi connectivity index (χ1v) is 44.2. The van der Waals surface area contributed by atoms with E-state index in [4.69, 9.17) is 21.0 Å². The average molecular weight is 1720 g/mol. The predicted molar refractivity (Wildman–Crippen MR) is 466 cm³/mol. The van der Waals surface area contributed by atoms with Crippen molar-refractivity contribution in [3.63, 3.8) is 0 Å². The molecule has 8 unspecified atom stereocenters. The van der Waals surface area contributed by atoms with Crippen LogP contribution in [0, 0.1) is 116 Å². The Bertz CT molecular complexity index is 5590. The zero-order valence-corrected chi connectivity index (χ0v) is 70.5. The molecule has 648 valence electrons. The number of alkyl halides is 2. The molecule has 18 nitrogen and oxygen atoms in total. The molecule has 8 saturated carbocycles. The summed E-state index contributed by atoms with van der Waals surface area (Å²) in [5.41, 5.74) is 6.95. The molecule has 0 amide bonds. The van der Waals surface area contributed by atoms with E-state index in [0.29, 0.717) is 126 Å². The highest BCUT2D eigenvalue weighted by molar-refractivity contribution is 5.87. The Hall–Kier alpha value is -12.7. The van der Waals surface area contributed by atoms with Crippen molar-refractivity contribution in [2.24, 2.45) is 47.3 Å². The molecule has 8 aliphatic rings. The number of benzene rings is 4. The van der Waals surface area contributed by atoms with Crippen LogP contribution in [0.3, 0.4) is 0 Å². The minimum absolute atomic E-state index is 0.00821. The van der Waals surface area contributed by atoms with Crippen molar-refractivity contribution in [2.45, 2.75) is 200 Å². The lowest BCUT2D eigenvalue weighted by atomic mass is 9.86. The molecule has 24 heteroatoms. The molecule has 2 N–H and O–H groups in total. The van der Waals surface area contributed by atoms with E-state index in [2.05, 4.69) is 39.9 Å². The first kappa shape index (κ1) is 87.3. The predicted octanol–water partition coefficient (Wildman–Crippen LogP) is 19.9. The Kier molecular flexibility index (Phi) is 25.2. The topological polar surface area (TPSA) is 307 Å². The maximum atomic E-state index is 15.6. The molecule has 8 aliphatic carbocycles. The second kappa shape index (κ2) is 36.9. The summed E-state index contributed by atoms with van der Waals surface area (Å²) in [6, 6.07) is 47.8. The summed E-state index contributed by atoms with van der Waals surface area (Å²) in [6.07, 6.45) is 25.1. The lowest BCUT2D eigenvalue weighted by molar-refractivity contribution is -0.124. The molecule has 0 bridgehead atoms. The van der Waals surface area contributed by atoms with Gasteiger partial charge in [0.15, 0.2) is 0 Å². The molecule has 8 fully saturated rings. The Labute approximate surface area is 737 Å². The molecular formula is C104H94F6N12O6. The summed E-state index contributed by atoms with van der Waals surface area (Å²) in [5, 5.41) is 61.1. The Balaban J connectivity index is 0.000000120. The van der Waals surface area contributed by atoms with Crippen molar-refractivity contribution < 1.29 is 55.7 Å². The van der Waals surface area contributed by atoms with Crippen LogP contribution in [-0.4, -0.2) is 95.8 Å². The van der Waals surface area contributed by atoms with Gasteiger partial charge in [-0.25, -0.2) is 36.3 Å². The van der Waals surface area contributed by atoms with E-state index in [0.717, 1.165) is 123 Å². The average Bonchev–Trinajstić information content (AvgIpc) is 1.49. The van der Waals surface area contributed by atoms with Crippen LogP contribution < -0.4 is 0 Å². The van der Waals surface area contributed by atoms with Gasteiger partial charge in [-0.15, -0.1) is 0 Å². The van der Waals surface area contributed by atoms with Gasteiger partial charge in [-0.1, -0.05) is 12.1 Å². The number of carbonyl (C=O) groups is 4. The van der Waals surface area contributed by atoms with Crippen LogP contribution in [0.2, 0.25) is 0 Å². The number of hydrogen-bond acceptors (Lipinski definition) is 18. The van der Waals surface area contributed by atoms with E-state index in [-0.39, 0.29) is 133 Å². The van der Waals surface area contributed by atoms with Crippen molar-refractivity contribution in [3.8, 4) is 24.3 Å². The fourth-order valence-electron chi connectivity index (χ4n) is 23.5. The Morgan fingerprint density at radius 1 is 0.320 bits per heavy atom. The van der Waals surface area contributed by atoms with Crippen molar-refractivity contribution >= 4 is 66.7 Å². The fraction of sp³-hybridized carbons (Fsp3) is 0.385. The van der Waals surface area contributed by atoms with Gasteiger partial charge in [-0.05, 0) is 341 Å². The lowest BCUT2D eigenvalue weighted by Crippen LogP contribution is -2.30. The maximum Gasteiger partial charge on any atom is 0.142 e. The standard InChI is InChI=1S/2C26H23F2N3O.2C26H24FN3O2/c27-20-2-4-25-24(9-20)23(5-6-30-25)17-7-18-11-26(28,12-19(18)8-17)13-22(32)10-21-3-1-16(14-29)15-31-21;27-20-2-4-25-24(10-20)23(5-6-30-25)17-8-18-11-26(28,12-19(18)9-17)13-22(32)7-16-1-3-21(14-29)31-15-16;27-20-2-4-25-24(9-20)23(5-6-29-25)17-7-18-11-26(32,12-19(18)8-17)13-22(31)10-21-3-1-16(14-28)15-30-21;27-20-2-4-25-24(10-20)23(5-6-29-25)17-8-18-11-26(32,12-19(18)9-17)13-22(31)7-16-1-3-21(14-28)30-15-16/h1-6,9,15,17-19H,7-8,10-13H2;1-6,10,15,17-19H,7-9,11-13H2;1-6,9,15,17-19,32H,7-8,10-13H2;1-6,10,15,17-19,32H,7-9,11-13H2/t4*17?,18-,19+,26?. The van der Waals surface area contributed by atoms with E-state index in [9.17, 15) is 47.0 Å². The van der Waals surface area contributed by atoms with Crippen LogP contribution >= 0.6 is 0 Å². The van der Waals surface area contributed by atoms with E-state index in [1.54, 1.807) is 128 Å². The Morgan fingerprint density at radius 2 is 0.602 bits per heavy atom. The minimum atomic E-state index is -1.46. The number of nitrogens with zero attached hydrogens (tertiary/aromatic N) is 12. The van der Waals surface area contributed by atoms with Gasteiger partial charge >= 0.3 is 0 Å². The minimum Gasteiger partial charge on any atom is -0.389 e. The van der Waals surface area contributed by atoms with Crippen molar-refractivity contribution in [1.82, 2.24) is 39.9 Å². The van der Waals surface area contributed by atoms with E-state index >= 15 is 8.78 Å². The quantitative estimate of drug-likeness (QED) is 0.0670. The van der Waals surface area contributed by atoms with Crippen molar-refractivity contribution in [1.29, 1.82) is 21.0 Å². The number of fused-ring (bicyclic) bond motifs is 8. The molecule has 0 spiro atoms. The van der Waals surface area contributed by atoms with Crippen molar-refractivity contribution in [3.05, 3.63) is 286 Å². The molecule has 0 radical (unpaired) electrons. The second-order valence-electron chi connectivity index (χ2n) is 37.6. The van der Waals surface area contributed by atoms with Crippen LogP contribution in [0.1, 0.15) is 219 Å². The summed E-state index contributed by atoms with van der Waals surface area (Å²) in [5.74, 6) is 2.21.